The molecular weight excluding hydrogens is 196 g/mol. The van der Waals surface area contributed by atoms with Crippen molar-refractivity contribution in [3.63, 3.8) is 0 Å². The lowest BCUT2D eigenvalue weighted by Gasteiger charge is -1.81. The largest absolute Gasteiger partial charge is 0.450 e. The maximum absolute atomic E-state index is 5.47. The minimum Gasteiger partial charge on any atom is -0.450 e. The normalized spacial score (nSPS) is 8.29. The molecule has 14 heavy (non-hydrogen) atoms. The number of hydrogen-bond acceptors (Lipinski definition) is 1. The van der Waals surface area contributed by atoms with Crippen LogP contribution in [-0.4, -0.2) is 0 Å². The van der Waals surface area contributed by atoms with Crippen LogP contribution >= 0.6 is 11.6 Å². The van der Waals surface area contributed by atoms with Crippen LogP contribution < -0.4 is 0 Å². The lowest BCUT2D eigenvalue weighted by atomic mass is 10.3. The van der Waals surface area contributed by atoms with Gasteiger partial charge in [0.25, 0.3) is 0 Å². The number of furan rings is 1. The van der Waals surface area contributed by atoms with E-state index in [0.717, 1.165) is 18.1 Å². The molecule has 1 rings (SSSR count). The smallest absolute Gasteiger partial charge is 0.193 e. The van der Waals surface area contributed by atoms with E-state index in [4.69, 9.17) is 16.0 Å². The molecule has 1 heterocycles. The van der Waals surface area contributed by atoms with Crippen molar-refractivity contribution in [1.82, 2.24) is 0 Å². The Balaban J connectivity index is 0. The highest BCUT2D eigenvalue weighted by Crippen LogP contribution is 2.12. The second kappa shape index (κ2) is 10.2. The van der Waals surface area contributed by atoms with Crippen LogP contribution in [0.1, 0.15) is 33.5 Å². The molecular formula is C12H19ClO. The van der Waals surface area contributed by atoms with Gasteiger partial charge in [-0.25, -0.2) is 0 Å². The average molecular weight is 215 g/mol. The molecule has 0 aliphatic carbocycles. The molecule has 2 heteroatoms. The zero-order chi connectivity index (χ0) is 11.6. The summed E-state index contributed by atoms with van der Waals surface area (Å²) in [5.74, 6) is 1.77. The molecule has 1 aromatic heterocycles. The molecule has 0 amide bonds. The van der Waals surface area contributed by atoms with Gasteiger partial charge < -0.3 is 4.42 Å². The summed E-state index contributed by atoms with van der Waals surface area (Å²) in [4.78, 5) is 0. The summed E-state index contributed by atoms with van der Waals surface area (Å²) < 4.78 is 5.00. The lowest BCUT2D eigenvalue weighted by Crippen LogP contribution is -1.67. The van der Waals surface area contributed by atoms with Crippen LogP contribution in [0, 0.1) is 18.8 Å². The Labute approximate surface area is 92.5 Å². The van der Waals surface area contributed by atoms with E-state index in [-0.39, 0.29) is 0 Å². The maximum Gasteiger partial charge on any atom is 0.193 e. The Hall–Kier alpha value is -0.870. The van der Waals surface area contributed by atoms with Crippen LogP contribution in [0.5, 0.6) is 0 Å². The van der Waals surface area contributed by atoms with Crippen LogP contribution in [0.15, 0.2) is 16.5 Å². The van der Waals surface area contributed by atoms with Gasteiger partial charge in [0.2, 0.25) is 0 Å². The molecule has 1 aromatic rings. The van der Waals surface area contributed by atoms with E-state index < -0.39 is 0 Å². The van der Waals surface area contributed by atoms with E-state index >= 15 is 0 Å². The van der Waals surface area contributed by atoms with Crippen molar-refractivity contribution in [2.24, 2.45) is 5.92 Å². The molecule has 0 N–H and O–H groups in total. The Kier molecular flexibility index (Phi) is 11.4. The second-order valence-electron chi connectivity index (χ2n) is 3.29. The minimum absolute atomic E-state index is 0.474. The van der Waals surface area contributed by atoms with Gasteiger partial charge >= 0.3 is 0 Å². The summed E-state index contributed by atoms with van der Waals surface area (Å²) in [5.41, 5.74) is 0. The summed E-state index contributed by atoms with van der Waals surface area (Å²) in [6.45, 7) is 8.52. The highest BCUT2D eigenvalue weighted by Gasteiger charge is 1.93. The number of aryl methyl sites for hydroxylation is 1. The van der Waals surface area contributed by atoms with Gasteiger partial charge in [0, 0.05) is 6.42 Å². The molecule has 0 aliphatic heterocycles. The van der Waals surface area contributed by atoms with Gasteiger partial charge in [0.05, 0.1) is 0 Å². The van der Waals surface area contributed by atoms with Gasteiger partial charge in [-0.05, 0) is 29.7 Å². The monoisotopic (exact) mass is 214 g/mol. The fourth-order valence-electron chi connectivity index (χ4n) is 0.542. The van der Waals surface area contributed by atoms with Gasteiger partial charge in [0.15, 0.2) is 5.22 Å². The van der Waals surface area contributed by atoms with Gasteiger partial charge in [0.1, 0.15) is 5.76 Å². The van der Waals surface area contributed by atoms with Crippen molar-refractivity contribution in [3.05, 3.63) is 23.1 Å². The summed E-state index contributed by atoms with van der Waals surface area (Å²) in [6, 6.07) is 3.63. The van der Waals surface area contributed by atoms with Crippen molar-refractivity contribution < 1.29 is 4.42 Å². The highest BCUT2D eigenvalue weighted by molar-refractivity contribution is 6.28. The topological polar surface area (TPSA) is 13.1 Å². The van der Waals surface area contributed by atoms with E-state index in [1.54, 1.807) is 6.07 Å². The first-order valence-electron chi connectivity index (χ1n) is 4.63. The SMILES string of the molecule is C#C.CC(C)C.CCc1ccc(Cl)o1. The van der Waals surface area contributed by atoms with Crippen LogP contribution in [0.25, 0.3) is 0 Å². The van der Waals surface area contributed by atoms with E-state index in [9.17, 15) is 0 Å². The molecule has 0 fully saturated rings. The molecule has 0 saturated heterocycles. The van der Waals surface area contributed by atoms with Crippen LogP contribution in [0.3, 0.4) is 0 Å². The molecule has 0 unspecified atom stereocenters. The molecule has 0 bridgehead atoms. The minimum atomic E-state index is 0.474. The highest BCUT2D eigenvalue weighted by atomic mass is 35.5. The second-order valence-corrected chi connectivity index (χ2v) is 3.66. The summed E-state index contributed by atoms with van der Waals surface area (Å²) in [6.07, 6.45) is 8.91. The molecule has 0 atom stereocenters. The number of terminal acetylenes is 1. The van der Waals surface area contributed by atoms with E-state index in [0.29, 0.717) is 5.22 Å². The predicted molar refractivity (Wildman–Crippen MR) is 63.5 cm³/mol. The Bertz CT molecular complexity index is 233. The summed E-state index contributed by atoms with van der Waals surface area (Å²) in [7, 11) is 0. The van der Waals surface area contributed by atoms with Gasteiger partial charge in [-0.15, -0.1) is 12.8 Å². The molecule has 1 nitrogen and oxygen atoms in total. The van der Waals surface area contributed by atoms with Crippen molar-refractivity contribution >= 4 is 11.6 Å². The zero-order valence-corrected chi connectivity index (χ0v) is 10.1. The van der Waals surface area contributed by atoms with Crippen molar-refractivity contribution in [1.29, 1.82) is 0 Å². The first-order valence-corrected chi connectivity index (χ1v) is 5.01. The van der Waals surface area contributed by atoms with E-state index in [1.807, 2.05) is 13.0 Å². The molecule has 0 saturated carbocycles. The molecule has 0 aliphatic rings. The Morgan fingerprint density at radius 1 is 1.29 bits per heavy atom. The number of rotatable bonds is 1. The maximum atomic E-state index is 5.47. The fourth-order valence-corrected chi connectivity index (χ4v) is 0.704. The molecule has 0 aromatic carbocycles. The third kappa shape index (κ3) is 11.1. The Morgan fingerprint density at radius 3 is 1.86 bits per heavy atom. The van der Waals surface area contributed by atoms with Crippen molar-refractivity contribution in [2.45, 2.75) is 34.1 Å². The third-order valence-electron chi connectivity index (χ3n) is 0.977. The van der Waals surface area contributed by atoms with Gasteiger partial charge in [-0.2, -0.15) is 0 Å². The van der Waals surface area contributed by atoms with Crippen LogP contribution in [-0.2, 0) is 6.42 Å². The number of halogens is 1. The fraction of sp³-hybridized carbons (Fsp3) is 0.500. The standard InChI is InChI=1S/C6H7ClO.C4H10.C2H2/c1-2-5-3-4-6(7)8-5;1-4(2)3;1-2/h3-4H,2H2,1H3;4H,1-3H3;1-2H. The first kappa shape index (κ1) is 15.6. The summed E-state index contributed by atoms with van der Waals surface area (Å²) >= 11 is 5.47. The molecule has 0 radical (unpaired) electrons. The van der Waals surface area contributed by atoms with E-state index in [1.165, 1.54) is 0 Å². The Morgan fingerprint density at radius 2 is 1.71 bits per heavy atom. The van der Waals surface area contributed by atoms with Crippen LogP contribution in [0.4, 0.5) is 0 Å². The number of hydrogen-bond donors (Lipinski definition) is 0. The summed E-state index contributed by atoms with van der Waals surface area (Å²) in [5, 5.41) is 0.474. The van der Waals surface area contributed by atoms with Crippen molar-refractivity contribution in [3.8, 4) is 12.8 Å². The average Bonchev–Trinajstić information content (AvgIpc) is 2.54. The van der Waals surface area contributed by atoms with E-state index in [2.05, 4.69) is 33.6 Å². The zero-order valence-electron chi connectivity index (χ0n) is 9.38. The quantitative estimate of drug-likeness (QED) is 0.632. The molecule has 0 spiro atoms. The van der Waals surface area contributed by atoms with Gasteiger partial charge in [-0.1, -0.05) is 27.7 Å². The first-order chi connectivity index (χ1) is 6.56. The predicted octanol–water partition coefficient (Wildman–Crippen LogP) is 4.41. The van der Waals surface area contributed by atoms with Gasteiger partial charge in [-0.3, -0.25) is 0 Å². The molecule has 80 valence electrons. The third-order valence-corrected chi connectivity index (χ3v) is 1.18. The lowest BCUT2D eigenvalue weighted by molar-refractivity contribution is 0.518. The van der Waals surface area contributed by atoms with Crippen molar-refractivity contribution in [2.75, 3.05) is 0 Å². The van der Waals surface area contributed by atoms with Crippen LogP contribution in [0.2, 0.25) is 5.22 Å².